The van der Waals surface area contributed by atoms with E-state index in [1.54, 1.807) is 0 Å². The van der Waals surface area contributed by atoms with Gasteiger partial charge >= 0.3 is 11.9 Å². The van der Waals surface area contributed by atoms with E-state index in [1.807, 2.05) is 21.1 Å². The average molecular weight is 864 g/mol. The fourth-order valence-corrected chi connectivity index (χ4v) is 7.02. The maximum atomic E-state index is 12.7. The van der Waals surface area contributed by atoms with Gasteiger partial charge in [-0.15, -0.1) is 0 Å². The van der Waals surface area contributed by atoms with Crippen LogP contribution in [0.15, 0.2) is 60.8 Å². The van der Waals surface area contributed by atoms with E-state index in [0.717, 1.165) is 70.6 Å². The molecule has 0 aromatic rings. The summed E-state index contributed by atoms with van der Waals surface area (Å²) in [5, 5.41) is 0. The summed E-state index contributed by atoms with van der Waals surface area (Å²) in [5.74, 6) is -0.865. The van der Waals surface area contributed by atoms with Gasteiger partial charge in [0.25, 0.3) is 7.82 Å². The number of carbonyl (C=O) groups excluding carboxylic acids is 2. The third-order valence-corrected chi connectivity index (χ3v) is 11.0. The first kappa shape index (κ1) is 57.7. The lowest BCUT2D eigenvalue weighted by Crippen LogP contribution is -2.37. The summed E-state index contributed by atoms with van der Waals surface area (Å²) >= 11 is 0. The summed E-state index contributed by atoms with van der Waals surface area (Å²) in [5.41, 5.74) is 0. The largest absolute Gasteiger partial charge is 0.756 e. The maximum Gasteiger partial charge on any atom is 0.306 e. The Morgan fingerprint density at radius 3 is 1.43 bits per heavy atom. The first-order valence-corrected chi connectivity index (χ1v) is 25.5. The van der Waals surface area contributed by atoms with E-state index in [0.29, 0.717) is 23.9 Å². The minimum atomic E-state index is -4.64. The Bertz CT molecular complexity index is 1210. The summed E-state index contributed by atoms with van der Waals surface area (Å²) < 4.78 is 34.0. The summed E-state index contributed by atoms with van der Waals surface area (Å²) in [6.45, 7) is 4.08. The Hall–Kier alpha value is -2.29. The van der Waals surface area contributed by atoms with Crippen LogP contribution in [0.3, 0.4) is 0 Å². The van der Waals surface area contributed by atoms with Crippen LogP contribution in [0.5, 0.6) is 0 Å². The number of esters is 2. The fraction of sp³-hybridized carbons (Fsp3) is 0.760. The van der Waals surface area contributed by atoms with E-state index in [4.69, 9.17) is 18.5 Å². The molecule has 0 radical (unpaired) electrons. The number of rotatable bonds is 43. The zero-order valence-corrected chi connectivity index (χ0v) is 40.0. The molecule has 0 N–H and O–H groups in total. The number of allylic oxidation sites excluding steroid dienone is 10. The van der Waals surface area contributed by atoms with Crippen LogP contribution in [0.2, 0.25) is 0 Å². The summed E-state index contributed by atoms with van der Waals surface area (Å²) in [6.07, 6.45) is 51.0. The summed E-state index contributed by atoms with van der Waals surface area (Å²) in [4.78, 5) is 37.6. The van der Waals surface area contributed by atoms with Crippen LogP contribution in [0.4, 0.5) is 0 Å². The van der Waals surface area contributed by atoms with Crippen molar-refractivity contribution < 1.29 is 42.1 Å². The van der Waals surface area contributed by atoms with Gasteiger partial charge in [-0.2, -0.15) is 0 Å². The second-order valence-electron chi connectivity index (χ2n) is 17.1. The van der Waals surface area contributed by atoms with Gasteiger partial charge in [0.15, 0.2) is 6.10 Å². The molecule has 0 aliphatic heterocycles. The summed E-state index contributed by atoms with van der Waals surface area (Å²) in [7, 11) is 1.14. The molecule has 60 heavy (non-hydrogen) atoms. The van der Waals surface area contributed by atoms with Crippen molar-refractivity contribution in [2.45, 2.75) is 200 Å². The van der Waals surface area contributed by atoms with E-state index in [1.165, 1.54) is 83.5 Å². The fourth-order valence-electron chi connectivity index (χ4n) is 6.29. The Labute approximate surface area is 368 Å². The van der Waals surface area contributed by atoms with Crippen molar-refractivity contribution in [2.75, 3.05) is 47.5 Å². The predicted octanol–water partition coefficient (Wildman–Crippen LogP) is 13.4. The number of carbonyl (C=O) groups is 2. The number of ether oxygens (including phenoxy) is 2. The molecule has 0 saturated carbocycles. The number of phosphoric ester groups is 1. The van der Waals surface area contributed by atoms with Gasteiger partial charge in [0.2, 0.25) is 0 Å². The highest BCUT2D eigenvalue weighted by Gasteiger charge is 2.21. The topological polar surface area (TPSA) is 111 Å². The van der Waals surface area contributed by atoms with Crippen LogP contribution in [-0.2, 0) is 32.7 Å². The Morgan fingerprint density at radius 2 is 0.950 bits per heavy atom. The highest BCUT2D eigenvalue weighted by atomic mass is 31.2. The van der Waals surface area contributed by atoms with Crippen LogP contribution >= 0.6 is 7.82 Å². The molecular weight excluding hydrogens is 774 g/mol. The molecule has 0 bridgehead atoms. The zero-order chi connectivity index (χ0) is 44.3. The first-order valence-electron chi connectivity index (χ1n) is 24.0. The van der Waals surface area contributed by atoms with E-state index in [-0.39, 0.29) is 26.1 Å². The molecule has 10 heteroatoms. The molecule has 0 saturated heterocycles. The Kier molecular flexibility index (Phi) is 40.4. The quantitative estimate of drug-likeness (QED) is 0.0196. The van der Waals surface area contributed by atoms with Crippen LogP contribution in [-0.4, -0.2) is 70.0 Å². The van der Waals surface area contributed by atoms with Gasteiger partial charge in [0.1, 0.15) is 19.8 Å². The van der Waals surface area contributed by atoms with Crippen LogP contribution < -0.4 is 4.89 Å². The molecule has 0 rings (SSSR count). The van der Waals surface area contributed by atoms with Crippen molar-refractivity contribution in [3.8, 4) is 0 Å². The predicted molar refractivity (Wildman–Crippen MR) is 250 cm³/mol. The highest BCUT2D eigenvalue weighted by Crippen LogP contribution is 2.38. The molecule has 0 fully saturated rings. The lowest BCUT2D eigenvalue weighted by molar-refractivity contribution is -0.870. The number of hydrogen-bond donors (Lipinski definition) is 0. The molecule has 0 amide bonds. The van der Waals surface area contributed by atoms with Crippen molar-refractivity contribution >= 4 is 19.8 Å². The van der Waals surface area contributed by atoms with Gasteiger partial charge in [0, 0.05) is 12.8 Å². The van der Waals surface area contributed by atoms with E-state index in [9.17, 15) is 19.0 Å². The molecule has 2 atom stereocenters. The first-order chi connectivity index (χ1) is 29.0. The number of hydrogen-bond acceptors (Lipinski definition) is 8. The molecule has 348 valence electrons. The molecule has 0 spiro atoms. The molecule has 0 aromatic carbocycles. The van der Waals surface area contributed by atoms with E-state index >= 15 is 0 Å². The molecule has 0 aliphatic carbocycles. The molecule has 0 heterocycles. The average Bonchev–Trinajstić information content (AvgIpc) is 3.20. The van der Waals surface area contributed by atoms with Gasteiger partial charge in [-0.25, -0.2) is 0 Å². The lowest BCUT2D eigenvalue weighted by atomic mass is 10.1. The summed E-state index contributed by atoms with van der Waals surface area (Å²) in [6, 6.07) is 0. The molecule has 9 nitrogen and oxygen atoms in total. The van der Waals surface area contributed by atoms with Gasteiger partial charge in [0.05, 0.1) is 27.7 Å². The molecule has 1 unspecified atom stereocenters. The van der Waals surface area contributed by atoms with Crippen LogP contribution in [0.1, 0.15) is 194 Å². The van der Waals surface area contributed by atoms with Crippen LogP contribution in [0, 0.1) is 0 Å². The number of quaternary nitrogens is 1. The second kappa shape index (κ2) is 42.0. The number of nitrogens with zero attached hydrogens (tertiary/aromatic N) is 1. The maximum absolute atomic E-state index is 12.7. The molecule has 0 aromatic heterocycles. The molecule has 0 aliphatic rings. The van der Waals surface area contributed by atoms with Crippen LogP contribution in [0.25, 0.3) is 0 Å². The third-order valence-electron chi connectivity index (χ3n) is 10.0. The van der Waals surface area contributed by atoms with Crippen molar-refractivity contribution in [2.24, 2.45) is 0 Å². The Morgan fingerprint density at radius 1 is 0.533 bits per heavy atom. The second-order valence-corrected chi connectivity index (χ2v) is 18.5. The molecular formula is C50H90NO8P. The van der Waals surface area contributed by atoms with Crippen molar-refractivity contribution in [1.82, 2.24) is 0 Å². The minimum Gasteiger partial charge on any atom is -0.756 e. The number of phosphoric acid groups is 1. The van der Waals surface area contributed by atoms with Crippen molar-refractivity contribution in [3.63, 3.8) is 0 Å². The Balaban J connectivity index is 4.34. The zero-order valence-electron chi connectivity index (χ0n) is 39.1. The smallest absolute Gasteiger partial charge is 0.306 e. The number of unbranched alkanes of at least 4 members (excludes halogenated alkanes) is 19. The van der Waals surface area contributed by atoms with Crippen molar-refractivity contribution in [1.29, 1.82) is 0 Å². The standard InChI is InChI=1S/C50H90NO8P/c1-6-8-10-12-14-16-18-20-22-24-25-27-29-31-33-35-37-39-41-43-50(53)59-48(47-58-60(54,55)57-45-44-51(3,4)5)46-56-49(52)42-40-38-36-34-32-30-28-26-23-21-19-17-15-13-11-9-7-2/h9,11,15,17,20-23,28,30,48H,6-8,10,12-14,16,18-19,24-27,29,31-47H2,1-5H3/b11-9-,17-15-,22-20-,23-21-,30-28-/t48-/m1/s1. The highest BCUT2D eigenvalue weighted by molar-refractivity contribution is 7.45. The van der Waals surface area contributed by atoms with Gasteiger partial charge < -0.3 is 27.9 Å². The lowest BCUT2D eigenvalue weighted by Gasteiger charge is -2.28. The normalized spacial score (nSPS) is 14.0. The van der Waals surface area contributed by atoms with Gasteiger partial charge in [-0.1, -0.05) is 164 Å². The van der Waals surface area contributed by atoms with Gasteiger partial charge in [-0.3, -0.25) is 14.2 Å². The van der Waals surface area contributed by atoms with Gasteiger partial charge in [-0.05, 0) is 77.0 Å². The number of likely N-dealkylation sites (N-methyl/N-ethyl adjacent to an activating group) is 1. The van der Waals surface area contributed by atoms with E-state index < -0.39 is 32.5 Å². The third kappa shape index (κ3) is 45.2. The van der Waals surface area contributed by atoms with E-state index in [2.05, 4.69) is 74.6 Å². The monoisotopic (exact) mass is 864 g/mol. The minimum absolute atomic E-state index is 0.0375. The van der Waals surface area contributed by atoms with Crippen molar-refractivity contribution in [3.05, 3.63) is 60.8 Å². The SMILES string of the molecule is CC/C=C\C/C=C\C/C=C\C/C=C\CCCCCCC(=O)OC[C@H](COP(=O)([O-])OCC[N+](C)(C)C)OC(=O)CCCCCCCCCCC/C=C\CCCCCCCC.